The summed E-state index contributed by atoms with van der Waals surface area (Å²) in [5.41, 5.74) is -0.525. The Kier molecular flexibility index (Phi) is 1.95. The molecule has 0 amide bonds. The van der Waals surface area contributed by atoms with Crippen molar-refractivity contribution in [3.8, 4) is 5.75 Å². The van der Waals surface area contributed by atoms with E-state index in [1.165, 1.54) is 6.07 Å². The number of carbonyl (C=O) groups excluding carboxylic acids is 1. The monoisotopic (exact) mass is 222 g/mol. The van der Waals surface area contributed by atoms with Crippen LogP contribution in [0.4, 0.5) is 0 Å². The zero-order chi connectivity index (χ0) is 12.1. The van der Waals surface area contributed by atoms with Crippen molar-refractivity contribution in [2.24, 2.45) is 0 Å². The fraction of sp³-hybridized carbons (Fsp3) is 0.273. The quantitative estimate of drug-likeness (QED) is 0.703. The number of phenolic OH excluding ortho intramolecular Hbond substituents is 1. The average molecular weight is 222 g/mol. The number of hydrogen-bond acceptors (Lipinski definition) is 4. The molecule has 0 aliphatic carbocycles. The SMILES string of the molecule is CC1(C)OC(=O)c2c(O)cc(C(=O)O)cc21. The first-order chi connectivity index (χ1) is 7.33. The second kappa shape index (κ2) is 2.98. The van der Waals surface area contributed by atoms with Gasteiger partial charge in [0.1, 0.15) is 16.9 Å². The van der Waals surface area contributed by atoms with E-state index in [9.17, 15) is 14.7 Å². The van der Waals surface area contributed by atoms with Gasteiger partial charge in [0.25, 0.3) is 0 Å². The summed E-state index contributed by atoms with van der Waals surface area (Å²) in [6, 6.07) is 2.39. The highest BCUT2D eigenvalue weighted by atomic mass is 16.6. The van der Waals surface area contributed by atoms with E-state index in [0.717, 1.165) is 6.07 Å². The number of rotatable bonds is 1. The number of hydrogen-bond donors (Lipinski definition) is 2. The van der Waals surface area contributed by atoms with Gasteiger partial charge in [-0.2, -0.15) is 0 Å². The molecule has 0 spiro atoms. The Balaban J connectivity index is 2.73. The highest BCUT2D eigenvalue weighted by Gasteiger charge is 2.40. The molecular weight excluding hydrogens is 212 g/mol. The van der Waals surface area contributed by atoms with Crippen LogP contribution >= 0.6 is 0 Å². The van der Waals surface area contributed by atoms with Gasteiger partial charge in [0, 0.05) is 5.56 Å². The van der Waals surface area contributed by atoms with E-state index in [1.807, 2.05) is 0 Å². The van der Waals surface area contributed by atoms with Crippen LogP contribution in [0.3, 0.4) is 0 Å². The summed E-state index contributed by atoms with van der Waals surface area (Å²) in [6.07, 6.45) is 0. The zero-order valence-corrected chi connectivity index (χ0v) is 8.77. The number of carboxylic acid groups (broad SMARTS) is 1. The normalized spacial score (nSPS) is 16.8. The van der Waals surface area contributed by atoms with Gasteiger partial charge in [-0.05, 0) is 26.0 Å². The van der Waals surface area contributed by atoms with Crippen LogP contribution in [0.25, 0.3) is 0 Å². The number of ether oxygens (including phenoxy) is 1. The Morgan fingerprint density at radius 2 is 2.00 bits per heavy atom. The lowest BCUT2D eigenvalue weighted by molar-refractivity contribution is 0.00947. The molecule has 0 saturated carbocycles. The molecule has 0 radical (unpaired) electrons. The van der Waals surface area contributed by atoms with Crippen LogP contribution in [-0.2, 0) is 10.3 Å². The summed E-state index contributed by atoms with van der Waals surface area (Å²) in [5, 5.41) is 18.4. The molecule has 16 heavy (non-hydrogen) atoms. The minimum atomic E-state index is -1.16. The van der Waals surface area contributed by atoms with Crippen LogP contribution in [0.15, 0.2) is 12.1 Å². The second-order valence-electron chi connectivity index (χ2n) is 4.12. The van der Waals surface area contributed by atoms with Crippen LogP contribution in [0, 0.1) is 0 Å². The molecule has 0 unspecified atom stereocenters. The number of carbonyl (C=O) groups is 2. The zero-order valence-electron chi connectivity index (χ0n) is 8.77. The lowest BCUT2D eigenvalue weighted by Crippen LogP contribution is -2.16. The van der Waals surface area contributed by atoms with Crippen molar-refractivity contribution in [2.45, 2.75) is 19.4 Å². The first-order valence-corrected chi connectivity index (χ1v) is 4.67. The first kappa shape index (κ1) is 10.5. The van der Waals surface area contributed by atoms with E-state index in [0.29, 0.717) is 5.56 Å². The van der Waals surface area contributed by atoms with Gasteiger partial charge in [0.15, 0.2) is 0 Å². The molecule has 2 rings (SSSR count). The number of cyclic esters (lactones) is 1. The lowest BCUT2D eigenvalue weighted by Gasteiger charge is -2.17. The molecule has 0 saturated heterocycles. The van der Waals surface area contributed by atoms with Crippen molar-refractivity contribution < 1.29 is 24.5 Å². The van der Waals surface area contributed by atoms with Gasteiger partial charge in [-0.15, -0.1) is 0 Å². The van der Waals surface area contributed by atoms with Gasteiger partial charge in [-0.25, -0.2) is 9.59 Å². The number of benzene rings is 1. The van der Waals surface area contributed by atoms with Gasteiger partial charge >= 0.3 is 11.9 Å². The maximum atomic E-state index is 11.5. The van der Waals surface area contributed by atoms with Crippen molar-refractivity contribution in [1.82, 2.24) is 0 Å². The summed E-state index contributed by atoms with van der Waals surface area (Å²) in [5.74, 6) is -2.15. The Hall–Kier alpha value is -2.04. The van der Waals surface area contributed by atoms with E-state index in [4.69, 9.17) is 9.84 Å². The third-order valence-electron chi connectivity index (χ3n) is 2.57. The number of esters is 1. The Morgan fingerprint density at radius 3 is 2.56 bits per heavy atom. The number of aromatic hydroxyl groups is 1. The van der Waals surface area contributed by atoms with Gasteiger partial charge in [0.05, 0.1) is 5.56 Å². The van der Waals surface area contributed by atoms with Gasteiger partial charge in [-0.1, -0.05) is 0 Å². The third kappa shape index (κ3) is 1.32. The number of phenols is 1. The maximum absolute atomic E-state index is 11.5. The predicted molar refractivity (Wildman–Crippen MR) is 53.5 cm³/mol. The molecule has 1 heterocycles. The summed E-state index contributed by atoms with van der Waals surface area (Å²) in [6.45, 7) is 3.28. The number of carboxylic acids is 1. The van der Waals surface area contributed by atoms with Crippen LogP contribution in [-0.4, -0.2) is 22.2 Å². The Bertz CT molecular complexity index is 501. The van der Waals surface area contributed by atoms with Crippen molar-refractivity contribution in [2.75, 3.05) is 0 Å². The lowest BCUT2D eigenvalue weighted by atomic mass is 9.93. The molecule has 84 valence electrons. The standard InChI is InChI=1S/C11H10O5/c1-11(2)6-3-5(9(13)14)4-7(12)8(6)10(15)16-11/h3-4,12H,1-2H3,(H,13,14). The topological polar surface area (TPSA) is 83.8 Å². The van der Waals surface area contributed by atoms with Crippen molar-refractivity contribution in [1.29, 1.82) is 0 Å². The minimum Gasteiger partial charge on any atom is -0.507 e. The van der Waals surface area contributed by atoms with Crippen LogP contribution in [0.2, 0.25) is 0 Å². The molecule has 2 N–H and O–H groups in total. The molecule has 1 aliphatic heterocycles. The Morgan fingerprint density at radius 1 is 1.38 bits per heavy atom. The summed E-state index contributed by atoms with van der Waals surface area (Å²) >= 11 is 0. The molecule has 0 atom stereocenters. The molecule has 1 aromatic carbocycles. The summed E-state index contributed by atoms with van der Waals surface area (Å²) in [4.78, 5) is 22.3. The van der Waals surface area contributed by atoms with Gasteiger partial charge in [0.2, 0.25) is 0 Å². The molecule has 5 heteroatoms. The smallest absolute Gasteiger partial charge is 0.343 e. The molecule has 5 nitrogen and oxygen atoms in total. The largest absolute Gasteiger partial charge is 0.507 e. The van der Waals surface area contributed by atoms with E-state index >= 15 is 0 Å². The van der Waals surface area contributed by atoms with Crippen molar-refractivity contribution in [3.63, 3.8) is 0 Å². The van der Waals surface area contributed by atoms with Gasteiger partial charge < -0.3 is 14.9 Å². The van der Waals surface area contributed by atoms with Crippen LogP contribution in [0.1, 0.15) is 40.1 Å². The average Bonchev–Trinajstić information content (AvgIpc) is 2.37. The fourth-order valence-corrected chi connectivity index (χ4v) is 1.78. The van der Waals surface area contributed by atoms with Gasteiger partial charge in [-0.3, -0.25) is 0 Å². The molecule has 1 aromatic rings. The van der Waals surface area contributed by atoms with E-state index in [2.05, 4.69) is 0 Å². The van der Waals surface area contributed by atoms with Crippen LogP contribution < -0.4 is 0 Å². The summed E-state index contributed by atoms with van der Waals surface area (Å²) in [7, 11) is 0. The van der Waals surface area contributed by atoms with E-state index in [1.54, 1.807) is 13.8 Å². The van der Waals surface area contributed by atoms with Crippen molar-refractivity contribution >= 4 is 11.9 Å². The maximum Gasteiger partial charge on any atom is 0.343 e. The van der Waals surface area contributed by atoms with E-state index in [-0.39, 0.29) is 16.9 Å². The molecule has 1 aliphatic rings. The predicted octanol–water partition coefficient (Wildman–Crippen LogP) is 1.50. The fourth-order valence-electron chi connectivity index (χ4n) is 1.78. The molecule has 0 fully saturated rings. The first-order valence-electron chi connectivity index (χ1n) is 4.67. The third-order valence-corrected chi connectivity index (χ3v) is 2.57. The highest BCUT2D eigenvalue weighted by molar-refractivity contribution is 5.99. The minimum absolute atomic E-state index is 0.0509. The van der Waals surface area contributed by atoms with Crippen LogP contribution in [0.5, 0.6) is 5.75 Å². The number of fused-ring (bicyclic) bond motifs is 1. The molecule has 0 aromatic heterocycles. The van der Waals surface area contributed by atoms with Crippen molar-refractivity contribution in [3.05, 3.63) is 28.8 Å². The van der Waals surface area contributed by atoms with E-state index < -0.39 is 17.5 Å². The molecule has 0 bridgehead atoms. The Labute approximate surface area is 91.3 Å². The molecular formula is C11H10O5. The highest BCUT2D eigenvalue weighted by Crippen LogP contribution is 2.40. The summed E-state index contributed by atoms with van der Waals surface area (Å²) < 4.78 is 5.04. The number of aromatic carboxylic acids is 1. The second-order valence-corrected chi connectivity index (χ2v) is 4.12.